The lowest BCUT2D eigenvalue weighted by Gasteiger charge is -2.45. The Labute approximate surface area is 150 Å². The Morgan fingerprint density at radius 3 is 2.71 bits per heavy atom. The average molecular weight is 396 g/mol. The minimum Gasteiger partial charge on any atom is -0.450 e. The Bertz CT molecular complexity index is 630. The molecule has 3 fully saturated rings. The fourth-order valence-electron chi connectivity index (χ4n) is 3.47. The van der Waals surface area contributed by atoms with E-state index in [0.29, 0.717) is 17.2 Å². The van der Waals surface area contributed by atoms with Crippen molar-refractivity contribution in [3.05, 3.63) is 28.2 Å². The summed E-state index contributed by atoms with van der Waals surface area (Å²) >= 11 is 3.39. The van der Waals surface area contributed by atoms with E-state index >= 15 is 0 Å². The van der Waals surface area contributed by atoms with Crippen LogP contribution in [0, 0.1) is 5.92 Å². The predicted octanol–water partition coefficient (Wildman–Crippen LogP) is 2.84. The van der Waals surface area contributed by atoms with Gasteiger partial charge in [-0.1, -0.05) is 15.9 Å². The average Bonchev–Trinajstić information content (AvgIpc) is 2.57. The molecule has 1 atom stereocenters. The number of carbonyl (C=O) groups excluding carboxylic acids is 2. The number of nitrogens with zero attached hydrogens (tertiary/aromatic N) is 1. The molecule has 2 amide bonds. The van der Waals surface area contributed by atoms with Crippen molar-refractivity contribution in [3.63, 3.8) is 0 Å². The van der Waals surface area contributed by atoms with Gasteiger partial charge in [0.25, 0.3) is 5.91 Å². The van der Waals surface area contributed by atoms with Gasteiger partial charge in [-0.3, -0.25) is 10.1 Å². The van der Waals surface area contributed by atoms with Crippen LogP contribution in [-0.2, 0) is 4.74 Å². The largest absolute Gasteiger partial charge is 0.450 e. The number of hydrogen-bond acceptors (Lipinski definition) is 4. The van der Waals surface area contributed by atoms with Gasteiger partial charge in [0.15, 0.2) is 0 Å². The number of amides is 2. The molecule has 24 heavy (non-hydrogen) atoms. The molecular formula is C17H22BrN3O3. The SMILES string of the molecule is CCOC(=O)Nc1ccc(Br)cc1C(=O)NC1CN2CCC1CC2. The Balaban J connectivity index is 1.73. The summed E-state index contributed by atoms with van der Waals surface area (Å²) in [4.78, 5) is 26.8. The van der Waals surface area contributed by atoms with Crippen LogP contribution >= 0.6 is 15.9 Å². The number of halogens is 1. The van der Waals surface area contributed by atoms with E-state index in [9.17, 15) is 9.59 Å². The van der Waals surface area contributed by atoms with Crippen molar-refractivity contribution in [2.24, 2.45) is 5.92 Å². The van der Waals surface area contributed by atoms with Crippen LogP contribution < -0.4 is 10.6 Å². The van der Waals surface area contributed by atoms with Gasteiger partial charge in [-0.15, -0.1) is 0 Å². The first-order chi connectivity index (χ1) is 11.6. The number of hydrogen-bond donors (Lipinski definition) is 2. The summed E-state index contributed by atoms with van der Waals surface area (Å²) in [5.41, 5.74) is 0.893. The third-order valence-corrected chi connectivity index (χ3v) is 5.20. The molecule has 6 nitrogen and oxygen atoms in total. The monoisotopic (exact) mass is 395 g/mol. The highest BCUT2D eigenvalue weighted by Gasteiger charge is 2.35. The molecule has 0 spiro atoms. The number of carbonyl (C=O) groups is 2. The molecule has 1 aromatic rings. The summed E-state index contributed by atoms with van der Waals surface area (Å²) in [6.45, 7) is 5.18. The molecule has 130 valence electrons. The Morgan fingerprint density at radius 2 is 2.08 bits per heavy atom. The number of nitrogens with one attached hydrogen (secondary N) is 2. The number of benzene rings is 1. The molecule has 1 aromatic carbocycles. The van der Waals surface area contributed by atoms with E-state index in [0.717, 1.165) is 36.9 Å². The summed E-state index contributed by atoms with van der Waals surface area (Å²) in [6.07, 6.45) is 1.71. The normalized spacial score (nSPS) is 25.2. The molecule has 3 heterocycles. The lowest BCUT2D eigenvalue weighted by Crippen LogP contribution is -2.57. The third kappa shape index (κ3) is 3.89. The van der Waals surface area contributed by atoms with E-state index in [-0.39, 0.29) is 18.6 Å². The van der Waals surface area contributed by atoms with Gasteiger partial charge in [0.05, 0.1) is 17.9 Å². The number of anilines is 1. The van der Waals surface area contributed by atoms with Gasteiger partial charge in [-0.2, -0.15) is 0 Å². The van der Waals surface area contributed by atoms with Crippen LogP contribution in [0.3, 0.4) is 0 Å². The summed E-state index contributed by atoms with van der Waals surface area (Å²) in [5, 5.41) is 5.78. The molecule has 1 unspecified atom stereocenters. The number of rotatable bonds is 4. The zero-order valence-corrected chi connectivity index (χ0v) is 15.3. The van der Waals surface area contributed by atoms with Crippen molar-refractivity contribution >= 4 is 33.6 Å². The quantitative estimate of drug-likeness (QED) is 0.821. The molecule has 0 aliphatic carbocycles. The van der Waals surface area contributed by atoms with E-state index in [4.69, 9.17) is 4.74 Å². The van der Waals surface area contributed by atoms with E-state index in [1.54, 1.807) is 25.1 Å². The molecule has 3 saturated heterocycles. The molecule has 2 bridgehead atoms. The van der Waals surface area contributed by atoms with E-state index in [1.165, 1.54) is 0 Å². The lowest BCUT2D eigenvalue weighted by molar-refractivity contribution is 0.0621. The Hall–Kier alpha value is -1.60. The summed E-state index contributed by atoms with van der Waals surface area (Å²) in [5.74, 6) is 0.384. The molecule has 7 heteroatoms. The lowest BCUT2D eigenvalue weighted by atomic mass is 9.84. The molecule has 0 aromatic heterocycles. The van der Waals surface area contributed by atoms with Crippen molar-refractivity contribution in [3.8, 4) is 0 Å². The van der Waals surface area contributed by atoms with Crippen LogP contribution in [0.5, 0.6) is 0 Å². The van der Waals surface area contributed by atoms with Crippen LogP contribution in [0.15, 0.2) is 22.7 Å². The first-order valence-corrected chi connectivity index (χ1v) is 9.12. The van der Waals surface area contributed by atoms with Crippen molar-refractivity contribution in [2.75, 3.05) is 31.6 Å². The predicted molar refractivity (Wildman–Crippen MR) is 95.2 cm³/mol. The maximum atomic E-state index is 12.8. The van der Waals surface area contributed by atoms with Gasteiger partial charge < -0.3 is 15.0 Å². The molecule has 0 saturated carbocycles. The van der Waals surface area contributed by atoms with Gasteiger partial charge >= 0.3 is 6.09 Å². The molecule has 3 aliphatic heterocycles. The molecule has 0 radical (unpaired) electrons. The van der Waals surface area contributed by atoms with Crippen molar-refractivity contribution in [2.45, 2.75) is 25.8 Å². The van der Waals surface area contributed by atoms with Gasteiger partial charge in [-0.25, -0.2) is 4.79 Å². The Morgan fingerprint density at radius 1 is 1.33 bits per heavy atom. The zero-order chi connectivity index (χ0) is 17.1. The van der Waals surface area contributed by atoms with Crippen molar-refractivity contribution in [1.82, 2.24) is 10.2 Å². The van der Waals surface area contributed by atoms with Gasteiger partial charge in [-0.05, 0) is 57.0 Å². The van der Waals surface area contributed by atoms with Gasteiger partial charge in [0.1, 0.15) is 0 Å². The minimum absolute atomic E-state index is 0.165. The highest BCUT2D eigenvalue weighted by Crippen LogP contribution is 2.28. The second kappa shape index (κ2) is 7.53. The highest BCUT2D eigenvalue weighted by atomic mass is 79.9. The standard InChI is InChI=1S/C17H22BrN3O3/c1-2-24-17(23)20-14-4-3-12(18)9-13(14)16(22)19-15-10-21-7-5-11(15)6-8-21/h3-4,9,11,15H,2,5-8,10H2,1H3,(H,19,22)(H,20,23). The maximum Gasteiger partial charge on any atom is 0.411 e. The van der Waals surface area contributed by atoms with E-state index in [1.807, 2.05) is 0 Å². The second-order valence-corrected chi connectivity index (χ2v) is 7.17. The van der Waals surface area contributed by atoms with Gasteiger partial charge in [0.2, 0.25) is 0 Å². The summed E-state index contributed by atoms with van der Waals surface area (Å²) < 4.78 is 5.69. The number of fused-ring (bicyclic) bond motifs is 3. The first-order valence-electron chi connectivity index (χ1n) is 8.33. The zero-order valence-electron chi connectivity index (χ0n) is 13.7. The fraction of sp³-hybridized carbons (Fsp3) is 0.529. The van der Waals surface area contributed by atoms with Crippen LogP contribution in [-0.4, -0.2) is 49.2 Å². The maximum absolute atomic E-state index is 12.8. The molecular weight excluding hydrogens is 374 g/mol. The summed E-state index contributed by atoms with van der Waals surface area (Å²) in [6, 6.07) is 5.38. The second-order valence-electron chi connectivity index (χ2n) is 6.25. The highest BCUT2D eigenvalue weighted by molar-refractivity contribution is 9.10. The number of piperidine rings is 3. The van der Waals surface area contributed by atoms with E-state index < -0.39 is 6.09 Å². The van der Waals surface area contributed by atoms with Crippen LogP contribution in [0.2, 0.25) is 0 Å². The van der Waals surface area contributed by atoms with Crippen LogP contribution in [0.25, 0.3) is 0 Å². The number of ether oxygens (including phenoxy) is 1. The summed E-state index contributed by atoms with van der Waals surface area (Å²) in [7, 11) is 0. The smallest absolute Gasteiger partial charge is 0.411 e. The first kappa shape index (κ1) is 17.2. The van der Waals surface area contributed by atoms with Crippen LogP contribution in [0.1, 0.15) is 30.1 Å². The molecule has 4 rings (SSSR count). The van der Waals surface area contributed by atoms with Crippen LogP contribution in [0.4, 0.5) is 10.5 Å². The minimum atomic E-state index is -0.559. The van der Waals surface area contributed by atoms with E-state index in [2.05, 4.69) is 31.5 Å². The fourth-order valence-corrected chi connectivity index (χ4v) is 3.83. The van der Waals surface area contributed by atoms with Gasteiger partial charge in [0, 0.05) is 17.1 Å². The van der Waals surface area contributed by atoms with Crippen molar-refractivity contribution in [1.29, 1.82) is 0 Å². The van der Waals surface area contributed by atoms with Crippen molar-refractivity contribution < 1.29 is 14.3 Å². The topological polar surface area (TPSA) is 70.7 Å². The molecule has 3 aliphatic rings. The molecule has 2 N–H and O–H groups in total. The third-order valence-electron chi connectivity index (χ3n) is 4.71. The Kier molecular flexibility index (Phi) is 5.40.